The van der Waals surface area contributed by atoms with Crippen molar-refractivity contribution in [1.82, 2.24) is 19.5 Å². The smallest absolute Gasteiger partial charge is 0.252 e. The first-order valence-electron chi connectivity index (χ1n) is 12.5. The molecule has 9 heteroatoms. The Balaban J connectivity index is 1.50. The van der Waals surface area contributed by atoms with Crippen LogP contribution in [0.2, 0.25) is 0 Å². The van der Waals surface area contributed by atoms with Crippen LogP contribution in [0.5, 0.6) is 0 Å². The fraction of sp³-hybridized carbons (Fsp3) is 0.600. The van der Waals surface area contributed by atoms with Crippen LogP contribution in [0.3, 0.4) is 0 Å². The number of benzene rings is 1. The van der Waals surface area contributed by atoms with Gasteiger partial charge in [-0.2, -0.15) is 4.31 Å². The molecule has 1 atom stereocenters. The van der Waals surface area contributed by atoms with Crippen LogP contribution < -0.4 is 10.9 Å². The zero-order chi connectivity index (χ0) is 24.1. The van der Waals surface area contributed by atoms with Gasteiger partial charge in [0, 0.05) is 36.6 Å². The zero-order valence-corrected chi connectivity index (χ0v) is 20.8. The molecule has 1 amide bonds. The maximum atomic E-state index is 13.3. The minimum Gasteiger partial charge on any atom is -0.352 e. The van der Waals surface area contributed by atoms with E-state index < -0.39 is 10.0 Å². The van der Waals surface area contributed by atoms with Crippen LogP contribution in [0.15, 0.2) is 34.0 Å². The highest BCUT2D eigenvalue weighted by Crippen LogP contribution is 2.26. The lowest BCUT2D eigenvalue weighted by atomic mass is 10.0. The average Bonchev–Trinajstić information content (AvgIpc) is 3.09. The molecule has 34 heavy (non-hydrogen) atoms. The number of fused-ring (bicyclic) bond motifs is 1. The quantitative estimate of drug-likeness (QED) is 0.584. The Morgan fingerprint density at radius 1 is 1.09 bits per heavy atom. The van der Waals surface area contributed by atoms with Gasteiger partial charge in [0.25, 0.3) is 5.91 Å². The van der Waals surface area contributed by atoms with Crippen molar-refractivity contribution in [3.63, 3.8) is 0 Å². The average molecular weight is 489 g/mol. The van der Waals surface area contributed by atoms with Crippen molar-refractivity contribution in [1.29, 1.82) is 0 Å². The largest absolute Gasteiger partial charge is 0.352 e. The molecule has 2 aromatic rings. The summed E-state index contributed by atoms with van der Waals surface area (Å²) in [5.41, 5.74) is 0.272. The number of H-pyrrole nitrogens is 1. The lowest BCUT2D eigenvalue weighted by Gasteiger charge is -2.30. The molecule has 2 aliphatic heterocycles. The molecule has 1 aromatic heterocycles. The lowest BCUT2D eigenvalue weighted by molar-refractivity contribution is 0.0953. The van der Waals surface area contributed by atoms with Crippen molar-refractivity contribution >= 4 is 26.8 Å². The molecule has 2 aliphatic rings. The van der Waals surface area contributed by atoms with Gasteiger partial charge in [0.05, 0.1) is 10.5 Å². The van der Waals surface area contributed by atoms with Crippen molar-refractivity contribution in [3.05, 3.63) is 40.2 Å². The van der Waals surface area contributed by atoms with E-state index in [4.69, 9.17) is 0 Å². The number of nitrogens with one attached hydrogen (secondary N) is 2. The number of hydrogen-bond acceptors (Lipinski definition) is 5. The first kappa shape index (κ1) is 24.9. The van der Waals surface area contributed by atoms with Crippen LogP contribution in [-0.4, -0.2) is 67.8 Å². The summed E-state index contributed by atoms with van der Waals surface area (Å²) in [6.07, 6.45) is 7.73. The number of carbonyl (C=O) groups excluding carboxylic acids is 1. The van der Waals surface area contributed by atoms with Gasteiger partial charge in [-0.3, -0.25) is 9.59 Å². The second-order valence-corrected chi connectivity index (χ2v) is 11.7. The summed E-state index contributed by atoms with van der Waals surface area (Å²) in [6.45, 7) is 6.72. The number of piperidine rings is 1. The molecule has 1 aromatic carbocycles. The SMILES string of the molecule is C[C@H]1CCCN(S(=O)(=O)c2ccc3[nH]c(=O)cc(C(=O)NCCCN4CCCCCC4)c3c2)C1. The topological polar surface area (TPSA) is 103 Å². The number of rotatable bonds is 7. The maximum Gasteiger partial charge on any atom is 0.252 e. The van der Waals surface area contributed by atoms with E-state index in [1.165, 1.54) is 48.2 Å². The molecule has 2 saturated heterocycles. The third kappa shape index (κ3) is 5.87. The Bertz CT molecular complexity index is 1170. The van der Waals surface area contributed by atoms with Crippen molar-refractivity contribution < 1.29 is 13.2 Å². The number of likely N-dealkylation sites (tertiary alicyclic amines) is 1. The van der Waals surface area contributed by atoms with Gasteiger partial charge in [-0.15, -0.1) is 0 Å². The molecular formula is C25H36N4O4S. The number of nitrogens with zero attached hydrogens (tertiary/aromatic N) is 2. The van der Waals surface area contributed by atoms with E-state index in [1.807, 2.05) is 0 Å². The number of pyridine rings is 1. The Hall–Kier alpha value is -2.23. The van der Waals surface area contributed by atoms with Crippen LogP contribution in [0, 0.1) is 5.92 Å². The van der Waals surface area contributed by atoms with Gasteiger partial charge in [-0.1, -0.05) is 19.8 Å². The Morgan fingerprint density at radius 3 is 2.59 bits per heavy atom. The van der Waals surface area contributed by atoms with Gasteiger partial charge in [0.15, 0.2) is 0 Å². The molecule has 0 radical (unpaired) electrons. The molecule has 186 valence electrons. The van der Waals surface area contributed by atoms with E-state index >= 15 is 0 Å². The highest BCUT2D eigenvalue weighted by atomic mass is 32.2. The molecule has 2 fully saturated rings. The molecule has 4 rings (SSSR count). The highest BCUT2D eigenvalue weighted by Gasteiger charge is 2.29. The maximum absolute atomic E-state index is 13.3. The zero-order valence-electron chi connectivity index (χ0n) is 20.0. The summed E-state index contributed by atoms with van der Waals surface area (Å²) in [5.74, 6) is -0.0379. The number of amides is 1. The van der Waals surface area contributed by atoms with Crippen molar-refractivity contribution in [2.24, 2.45) is 5.92 Å². The first-order chi connectivity index (χ1) is 16.3. The minimum absolute atomic E-state index is 0.149. The third-order valence-electron chi connectivity index (χ3n) is 6.95. The van der Waals surface area contributed by atoms with E-state index in [0.717, 1.165) is 38.9 Å². The van der Waals surface area contributed by atoms with Crippen molar-refractivity contribution in [3.8, 4) is 0 Å². The molecule has 3 heterocycles. The highest BCUT2D eigenvalue weighted by molar-refractivity contribution is 7.89. The van der Waals surface area contributed by atoms with E-state index in [9.17, 15) is 18.0 Å². The van der Waals surface area contributed by atoms with E-state index in [2.05, 4.69) is 22.1 Å². The molecule has 0 unspecified atom stereocenters. The van der Waals surface area contributed by atoms with Crippen molar-refractivity contribution in [2.75, 3.05) is 39.3 Å². The fourth-order valence-corrected chi connectivity index (χ4v) is 6.68. The monoisotopic (exact) mass is 488 g/mol. The summed E-state index contributed by atoms with van der Waals surface area (Å²) >= 11 is 0. The summed E-state index contributed by atoms with van der Waals surface area (Å²) in [5, 5.41) is 3.36. The van der Waals surface area contributed by atoms with Crippen LogP contribution >= 0.6 is 0 Å². The fourth-order valence-electron chi connectivity index (χ4n) is 5.05. The predicted molar refractivity (Wildman–Crippen MR) is 134 cm³/mol. The van der Waals surface area contributed by atoms with Crippen LogP contribution in [0.25, 0.3) is 10.9 Å². The molecule has 2 N–H and O–H groups in total. The van der Waals surface area contributed by atoms with Gasteiger partial charge in [-0.25, -0.2) is 8.42 Å². The second-order valence-electron chi connectivity index (χ2n) is 9.73. The van der Waals surface area contributed by atoms with Gasteiger partial charge in [0.2, 0.25) is 15.6 Å². The summed E-state index contributed by atoms with van der Waals surface area (Å²) in [7, 11) is -3.67. The number of sulfonamides is 1. The summed E-state index contributed by atoms with van der Waals surface area (Å²) < 4.78 is 28.0. The summed E-state index contributed by atoms with van der Waals surface area (Å²) in [6, 6.07) is 5.86. The normalized spacial score (nSPS) is 20.8. The third-order valence-corrected chi connectivity index (χ3v) is 8.81. The number of aromatic nitrogens is 1. The van der Waals surface area contributed by atoms with Gasteiger partial charge in [-0.05, 0) is 75.9 Å². The molecule has 8 nitrogen and oxygen atoms in total. The first-order valence-corrected chi connectivity index (χ1v) is 14.0. The molecular weight excluding hydrogens is 452 g/mol. The predicted octanol–water partition coefficient (Wildman–Crippen LogP) is 2.94. The minimum atomic E-state index is -3.67. The number of aromatic amines is 1. The van der Waals surface area contributed by atoms with Crippen molar-refractivity contribution in [2.45, 2.75) is 56.8 Å². The summed E-state index contributed by atoms with van der Waals surface area (Å²) in [4.78, 5) is 30.5. The number of carbonyl (C=O) groups is 1. The number of hydrogen-bond donors (Lipinski definition) is 2. The standard InChI is InChI=1S/C25H36N4O4S/c1-19-8-6-15-29(18-19)34(32,33)20-9-10-23-21(16-20)22(17-24(30)27-23)25(31)26-11-7-14-28-12-4-2-3-5-13-28/h9-10,16-17,19H,2-8,11-15,18H2,1H3,(H,26,31)(H,27,30)/t19-/m0/s1. The molecule has 0 spiro atoms. The Kier molecular flexibility index (Phi) is 8.06. The van der Waals surface area contributed by atoms with E-state index in [0.29, 0.717) is 36.5 Å². The lowest BCUT2D eigenvalue weighted by Crippen LogP contribution is -2.39. The molecule has 0 bridgehead atoms. The van der Waals surface area contributed by atoms with E-state index in [1.54, 1.807) is 6.07 Å². The van der Waals surface area contributed by atoms with Crippen LogP contribution in [0.4, 0.5) is 0 Å². The second kappa shape index (κ2) is 11.0. The van der Waals surface area contributed by atoms with Crippen LogP contribution in [-0.2, 0) is 10.0 Å². The molecule has 0 aliphatic carbocycles. The Morgan fingerprint density at radius 2 is 1.85 bits per heavy atom. The van der Waals surface area contributed by atoms with E-state index in [-0.39, 0.29) is 21.9 Å². The van der Waals surface area contributed by atoms with Gasteiger partial charge < -0.3 is 15.2 Å². The Labute approximate surface area is 201 Å². The van der Waals surface area contributed by atoms with Crippen LogP contribution in [0.1, 0.15) is 62.2 Å². The van der Waals surface area contributed by atoms with Gasteiger partial charge >= 0.3 is 0 Å². The molecule has 0 saturated carbocycles. The van der Waals surface area contributed by atoms with Gasteiger partial charge in [0.1, 0.15) is 0 Å².